The van der Waals surface area contributed by atoms with Crippen molar-refractivity contribution in [3.05, 3.63) is 139 Å². The number of benzene rings is 5. The number of rotatable bonds is 8. The summed E-state index contributed by atoms with van der Waals surface area (Å²) in [5.74, 6) is -0.587. The quantitative estimate of drug-likeness (QED) is 0.0767. The van der Waals surface area contributed by atoms with Gasteiger partial charge in [0.2, 0.25) is 0 Å². The van der Waals surface area contributed by atoms with Crippen LogP contribution in [0, 0.1) is 0 Å². The number of ketones is 1. The van der Waals surface area contributed by atoms with Crippen molar-refractivity contribution in [1.29, 1.82) is 0 Å². The molecule has 0 saturated heterocycles. The Morgan fingerprint density at radius 1 is 0.744 bits per heavy atom. The first-order valence-electron chi connectivity index (χ1n) is 12.4. The number of ether oxygens (including phenoxy) is 2. The van der Waals surface area contributed by atoms with Crippen LogP contribution in [0.2, 0.25) is 0 Å². The third-order valence-corrected chi connectivity index (χ3v) is 6.01. The number of phenols is 1. The van der Waals surface area contributed by atoms with E-state index >= 15 is 0 Å². The number of hydrogen-bond acceptors (Lipinski definition) is 5. The van der Waals surface area contributed by atoms with Gasteiger partial charge in [0.05, 0.1) is 5.56 Å². The maximum atomic E-state index is 12.3. The van der Waals surface area contributed by atoms with Crippen molar-refractivity contribution in [2.75, 3.05) is 13.2 Å². The van der Waals surface area contributed by atoms with E-state index in [9.17, 15) is 14.7 Å². The summed E-state index contributed by atoms with van der Waals surface area (Å²) in [6.07, 6.45) is 2.98. The summed E-state index contributed by atoms with van der Waals surface area (Å²) in [4.78, 5) is 23.1. The minimum Gasteiger partial charge on any atom is -0.507 e. The minimum atomic E-state index is -0.528. The standard InChI is InChI=1S/C18H16O5.C16H12/c1-2-17(20)23-11-10-22-14-8-9-15(16(19)12-14)18(21)13-6-4-3-5-7-13;1-2-12-8-5-9-15-10-13-6-3-4-7-14(13)11-16(12)15/h2-9,12,19H,1,10-11H2;2-11H,1H2. The zero-order chi connectivity index (χ0) is 27.6. The zero-order valence-corrected chi connectivity index (χ0v) is 21.4. The molecule has 0 fully saturated rings. The SMILES string of the molecule is C=CC(=O)OCCOc1ccc(C(=O)c2ccccc2)c(O)c1.C=Cc1cccc2cc3ccccc3cc12. The molecule has 0 aromatic heterocycles. The Morgan fingerprint density at radius 2 is 1.44 bits per heavy atom. The highest BCUT2D eigenvalue weighted by molar-refractivity contribution is 6.10. The number of aromatic hydroxyl groups is 1. The summed E-state index contributed by atoms with van der Waals surface area (Å²) in [6, 6.07) is 32.4. The van der Waals surface area contributed by atoms with Gasteiger partial charge in [0.1, 0.15) is 24.7 Å². The van der Waals surface area contributed by atoms with E-state index in [0.717, 1.165) is 6.08 Å². The number of fused-ring (bicyclic) bond motifs is 2. The van der Waals surface area contributed by atoms with Crippen LogP contribution in [0.3, 0.4) is 0 Å². The third-order valence-electron chi connectivity index (χ3n) is 6.01. The number of carbonyl (C=O) groups is 2. The molecule has 0 aliphatic heterocycles. The molecule has 0 aliphatic rings. The fourth-order valence-electron chi connectivity index (χ4n) is 4.07. The van der Waals surface area contributed by atoms with Gasteiger partial charge in [-0.3, -0.25) is 4.79 Å². The first kappa shape index (κ1) is 26.9. The van der Waals surface area contributed by atoms with Crippen LogP contribution in [0.15, 0.2) is 122 Å². The topological polar surface area (TPSA) is 72.8 Å². The van der Waals surface area contributed by atoms with E-state index in [-0.39, 0.29) is 30.3 Å². The molecule has 5 aromatic rings. The lowest BCUT2D eigenvalue weighted by Gasteiger charge is -2.09. The Kier molecular flexibility index (Phi) is 8.88. The van der Waals surface area contributed by atoms with E-state index in [0.29, 0.717) is 11.3 Å². The molecule has 5 aromatic carbocycles. The number of hydrogen-bond donors (Lipinski definition) is 1. The molecule has 0 bridgehead atoms. The Morgan fingerprint density at radius 3 is 2.13 bits per heavy atom. The second kappa shape index (κ2) is 12.9. The van der Waals surface area contributed by atoms with Crippen LogP contribution >= 0.6 is 0 Å². The average molecular weight is 517 g/mol. The number of phenolic OH excluding ortho intramolecular Hbond substituents is 1. The molecule has 0 heterocycles. The van der Waals surface area contributed by atoms with Crippen LogP contribution in [0.5, 0.6) is 11.5 Å². The van der Waals surface area contributed by atoms with Crippen molar-refractivity contribution in [3.8, 4) is 11.5 Å². The molecule has 0 aliphatic carbocycles. The lowest BCUT2D eigenvalue weighted by molar-refractivity contribution is -0.138. The molecular weight excluding hydrogens is 488 g/mol. The van der Waals surface area contributed by atoms with Crippen molar-refractivity contribution in [3.63, 3.8) is 0 Å². The summed E-state index contributed by atoms with van der Waals surface area (Å²) >= 11 is 0. The lowest BCUT2D eigenvalue weighted by atomic mass is 10.00. The van der Waals surface area contributed by atoms with Gasteiger partial charge in [0.25, 0.3) is 0 Å². The summed E-state index contributed by atoms with van der Waals surface area (Å²) < 4.78 is 10.1. The molecule has 194 valence electrons. The molecule has 0 spiro atoms. The van der Waals surface area contributed by atoms with E-state index in [2.05, 4.69) is 67.8 Å². The molecule has 1 N–H and O–H groups in total. The number of esters is 1. The molecule has 0 radical (unpaired) electrons. The van der Waals surface area contributed by atoms with E-state index < -0.39 is 5.97 Å². The molecule has 5 heteroatoms. The van der Waals surface area contributed by atoms with Crippen molar-refractivity contribution < 1.29 is 24.2 Å². The highest BCUT2D eigenvalue weighted by Crippen LogP contribution is 2.27. The monoisotopic (exact) mass is 516 g/mol. The summed E-state index contributed by atoms with van der Waals surface area (Å²) in [6.45, 7) is 7.34. The van der Waals surface area contributed by atoms with Gasteiger partial charge < -0.3 is 14.6 Å². The fourth-order valence-corrected chi connectivity index (χ4v) is 4.07. The van der Waals surface area contributed by atoms with Crippen LogP contribution in [-0.2, 0) is 9.53 Å². The van der Waals surface area contributed by atoms with Gasteiger partial charge in [-0.1, -0.05) is 92.0 Å². The van der Waals surface area contributed by atoms with Crippen molar-refractivity contribution >= 4 is 39.4 Å². The van der Waals surface area contributed by atoms with Gasteiger partial charge in [0, 0.05) is 17.7 Å². The summed E-state index contributed by atoms with van der Waals surface area (Å²) in [7, 11) is 0. The Bertz CT molecular complexity index is 1640. The van der Waals surface area contributed by atoms with Crippen molar-refractivity contribution in [2.45, 2.75) is 0 Å². The minimum absolute atomic E-state index is 0.0658. The summed E-state index contributed by atoms with van der Waals surface area (Å²) in [5.41, 5.74) is 1.89. The molecule has 5 nitrogen and oxygen atoms in total. The second-order valence-electron chi connectivity index (χ2n) is 8.57. The molecule has 0 saturated carbocycles. The van der Waals surface area contributed by atoms with Crippen molar-refractivity contribution in [1.82, 2.24) is 0 Å². The van der Waals surface area contributed by atoms with Gasteiger partial charge in [0.15, 0.2) is 5.78 Å². The van der Waals surface area contributed by atoms with E-state index in [1.165, 1.54) is 39.2 Å². The maximum absolute atomic E-state index is 12.3. The van der Waals surface area contributed by atoms with Gasteiger partial charge in [-0.15, -0.1) is 0 Å². The average Bonchev–Trinajstić information content (AvgIpc) is 2.98. The third kappa shape index (κ3) is 6.79. The first-order valence-corrected chi connectivity index (χ1v) is 12.4. The molecule has 5 rings (SSSR count). The van der Waals surface area contributed by atoms with Gasteiger partial charge >= 0.3 is 5.97 Å². The predicted octanol–water partition coefficient (Wildman–Crippen LogP) is 7.37. The largest absolute Gasteiger partial charge is 0.507 e. The summed E-state index contributed by atoms with van der Waals surface area (Å²) in [5, 5.41) is 15.1. The molecule has 0 atom stereocenters. The highest BCUT2D eigenvalue weighted by Gasteiger charge is 2.14. The zero-order valence-electron chi connectivity index (χ0n) is 21.4. The Balaban J connectivity index is 0.000000192. The molecule has 39 heavy (non-hydrogen) atoms. The van der Waals surface area contributed by atoms with Crippen LogP contribution in [0.25, 0.3) is 27.6 Å². The Hall–Kier alpha value is -5.16. The van der Waals surface area contributed by atoms with Crippen LogP contribution in [0.4, 0.5) is 0 Å². The second-order valence-corrected chi connectivity index (χ2v) is 8.57. The molecule has 0 unspecified atom stereocenters. The molecule has 0 amide bonds. The molecular formula is C34H28O5. The smallest absolute Gasteiger partial charge is 0.330 e. The van der Waals surface area contributed by atoms with Crippen LogP contribution in [0.1, 0.15) is 21.5 Å². The Labute approximate surface area is 227 Å². The number of carbonyl (C=O) groups excluding carboxylic acids is 2. The normalized spacial score (nSPS) is 10.3. The van der Waals surface area contributed by atoms with E-state index in [1.54, 1.807) is 30.3 Å². The van der Waals surface area contributed by atoms with Crippen molar-refractivity contribution in [2.24, 2.45) is 0 Å². The van der Waals surface area contributed by atoms with Crippen LogP contribution in [-0.4, -0.2) is 30.1 Å². The fraction of sp³-hybridized carbons (Fsp3) is 0.0588. The van der Waals surface area contributed by atoms with Crippen LogP contribution < -0.4 is 4.74 Å². The predicted molar refractivity (Wildman–Crippen MR) is 156 cm³/mol. The lowest BCUT2D eigenvalue weighted by Crippen LogP contribution is -2.10. The van der Waals surface area contributed by atoms with Gasteiger partial charge in [-0.2, -0.15) is 0 Å². The van der Waals surface area contributed by atoms with E-state index in [1.807, 2.05) is 12.1 Å². The van der Waals surface area contributed by atoms with Gasteiger partial charge in [-0.25, -0.2) is 4.79 Å². The van der Waals surface area contributed by atoms with E-state index in [4.69, 9.17) is 9.47 Å². The highest BCUT2D eigenvalue weighted by atomic mass is 16.6. The van der Waals surface area contributed by atoms with Gasteiger partial charge in [-0.05, 0) is 51.4 Å². The maximum Gasteiger partial charge on any atom is 0.330 e. The first-order chi connectivity index (χ1) is 19.0.